The average Bonchev–Trinajstić information content (AvgIpc) is 2.43. The smallest absolute Gasteiger partial charge is 0.422 e. The van der Waals surface area contributed by atoms with Crippen molar-refractivity contribution in [3.8, 4) is 5.88 Å². The van der Waals surface area contributed by atoms with Crippen molar-refractivity contribution >= 4 is 21.7 Å². The van der Waals surface area contributed by atoms with Crippen molar-refractivity contribution in [2.75, 3.05) is 6.61 Å². The standard InChI is InChI=1S/C14H8F4N2O2/c15-7-1-2-8-9(5-7)11-10(3-4-19-12(11)21)20-13(8)22-6-14(16,17)18/h1-5H,6H2,(H,19,21). The average molecular weight is 312 g/mol. The molecule has 0 aliphatic rings. The van der Waals surface area contributed by atoms with Gasteiger partial charge in [0, 0.05) is 17.0 Å². The van der Waals surface area contributed by atoms with Gasteiger partial charge in [-0.3, -0.25) is 4.79 Å². The quantitative estimate of drug-likeness (QED) is 0.584. The molecule has 22 heavy (non-hydrogen) atoms. The molecule has 0 aliphatic heterocycles. The van der Waals surface area contributed by atoms with Crippen molar-refractivity contribution < 1.29 is 22.3 Å². The highest BCUT2D eigenvalue weighted by Gasteiger charge is 2.29. The minimum atomic E-state index is -4.53. The van der Waals surface area contributed by atoms with Crippen LogP contribution in [-0.4, -0.2) is 22.8 Å². The molecule has 2 heterocycles. The van der Waals surface area contributed by atoms with Gasteiger partial charge in [0.2, 0.25) is 5.88 Å². The third kappa shape index (κ3) is 2.59. The summed E-state index contributed by atoms with van der Waals surface area (Å²) in [5, 5.41) is 0.371. The number of halogens is 4. The Bertz CT molecular complexity index is 918. The summed E-state index contributed by atoms with van der Waals surface area (Å²) in [6, 6.07) is 4.76. The number of aromatic amines is 1. The largest absolute Gasteiger partial charge is 0.468 e. The number of rotatable bonds is 2. The SMILES string of the molecule is O=c1[nH]ccc2nc(OCC(F)(F)F)c3ccc(F)cc3c12. The van der Waals surface area contributed by atoms with Crippen molar-refractivity contribution in [3.05, 3.63) is 46.6 Å². The predicted molar refractivity (Wildman–Crippen MR) is 71.4 cm³/mol. The number of benzene rings is 1. The lowest BCUT2D eigenvalue weighted by molar-refractivity contribution is -0.153. The highest BCUT2D eigenvalue weighted by molar-refractivity contribution is 6.07. The van der Waals surface area contributed by atoms with Gasteiger partial charge in [-0.2, -0.15) is 13.2 Å². The zero-order valence-corrected chi connectivity index (χ0v) is 10.9. The van der Waals surface area contributed by atoms with E-state index in [-0.39, 0.29) is 27.6 Å². The fraction of sp³-hybridized carbons (Fsp3) is 0.143. The summed E-state index contributed by atoms with van der Waals surface area (Å²) < 4.78 is 55.1. The molecule has 1 aromatic carbocycles. The number of H-pyrrole nitrogens is 1. The number of ether oxygens (including phenoxy) is 1. The Morgan fingerprint density at radius 1 is 1.18 bits per heavy atom. The van der Waals surface area contributed by atoms with E-state index in [0.717, 1.165) is 12.1 Å². The summed E-state index contributed by atoms with van der Waals surface area (Å²) >= 11 is 0. The van der Waals surface area contributed by atoms with Gasteiger partial charge >= 0.3 is 6.18 Å². The number of pyridine rings is 2. The summed E-state index contributed by atoms with van der Waals surface area (Å²) in [7, 11) is 0. The van der Waals surface area contributed by atoms with E-state index in [9.17, 15) is 22.4 Å². The molecule has 0 saturated heterocycles. The predicted octanol–water partition coefficient (Wildman–Crippen LogP) is 3.16. The maximum atomic E-state index is 13.4. The number of aromatic nitrogens is 2. The van der Waals surface area contributed by atoms with Crippen molar-refractivity contribution in [1.29, 1.82) is 0 Å². The summed E-state index contributed by atoms with van der Waals surface area (Å²) in [6.45, 7) is -1.53. The molecule has 1 N–H and O–H groups in total. The van der Waals surface area contributed by atoms with E-state index in [4.69, 9.17) is 4.74 Å². The topological polar surface area (TPSA) is 55.0 Å². The number of nitrogens with zero attached hydrogens (tertiary/aromatic N) is 1. The van der Waals surface area contributed by atoms with Crippen LogP contribution in [0.4, 0.5) is 17.6 Å². The summed E-state index contributed by atoms with van der Waals surface area (Å²) in [5.74, 6) is -0.921. The zero-order valence-electron chi connectivity index (χ0n) is 10.9. The fourth-order valence-electron chi connectivity index (χ4n) is 2.16. The van der Waals surface area contributed by atoms with Gasteiger partial charge in [0.05, 0.1) is 10.9 Å². The van der Waals surface area contributed by atoms with Gasteiger partial charge in [-0.1, -0.05) is 0 Å². The zero-order chi connectivity index (χ0) is 15.9. The molecule has 2 aromatic heterocycles. The molecule has 0 fully saturated rings. The second-order valence-corrected chi connectivity index (χ2v) is 4.58. The van der Waals surface area contributed by atoms with E-state index in [1.807, 2.05) is 0 Å². The van der Waals surface area contributed by atoms with Crippen molar-refractivity contribution in [2.45, 2.75) is 6.18 Å². The van der Waals surface area contributed by atoms with Crippen molar-refractivity contribution in [1.82, 2.24) is 9.97 Å². The van der Waals surface area contributed by atoms with Crippen LogP contribution in [0.1, 0.15) is 0 Å². The lowest BCUT2D eigenvalue weighted by Gasteiger charge is -2.12. The van der Waals surface area contributed by atoms with E-state index in [1.54, 1.807) is 0 Å². The first kappa shape index (κ1) is 14.3. The van der Waals surface area contributed by atoms with E-state index >= 15 is 0 Å². The van der Waals surface area contributed by atoms with Crippen LogP contribution in [0, 0.1) is 5.82 Å². The molecule has 0 atom stereocenters. The molecule has 3 rings (SSSR count). The monoisotopic (exact) mass is 312 g/mol. The Hall–Kier alpha value is -2.64. The Kier molecular flexibility index (Phi) is 3.23. The minimum Gasteiger partial charge on any atom is -0.468 e. The van der Waals surface area contributed by atoms with E-state index in [1.165, 1.54) is 18.3 Å². The number of hydrogen-bond donors (Lipinski definition) is 1. The van der Waals surface area contributed by atoms with Gasteiger partial charge in [-0.05, 0) is 24.3 Å². The second-order valence-electron chi connectivity index (χ2n) is 4.58. The molecule has 0 unspecified atom stereocenters. The summed E-state index contributed by atoms with van der Waals surface area (Å²) in [6.07, 6.45) is -3.23. The lowest BCUT2D eigenvalue weighted by Crippen LogP contribution is -2.20. The molecule has 0 bridgehead atoms. The molecule has 0 spiro atoms. The first-order chi connectivity index (χ1) is 10.3. The van der Waals surface area contributed by atoms with Crippen LogP contribution in [0.3, 0.4) is 0 Å². The molecule has 0 amide bonds. The number of alkyl halides is 3. The van der Waals surface area contributed by atoms with Crippen LogP contribution in [0.15, 0.2) is 35.3 Å². The number of nitrogens with one attached hydrogen (secondary N) is 1. The normalized spacial score (nSPS) is 12.0. The van der Waals surface area contributed by atoms with Gasteiger partial charge in [-0.25, -0.2) is 9.37 Å². The molecular formula is C14H8F4N2O2. The number of fused-ring (bicyclic) bond motifs is 3. The molecule has 0 aliphatic carbocycles. The molecule has 114 valence electrons. The van der Waals surface area contributed by atoms with E-state index in [2.05, 4.69) is 9.97 Å². The molecule has 3 aromatic rings. The van der Waals surface area contributed by atoms with E-state index in [0.29, 0.717) is 0 Å². The van der Waals surface area contributed by atoms with Gasteiger partial charge < -0.3 is 9.72 Å². The Morgan fingerprint density at radius 2 is 1.95 bits per heavy atom. The Balaban J connectivity index is 2.30. The molecule has 0 saturated carbocycles. The van der Waals surface area contributed by atoms with Crippen molar-refractivity contribution in [3.63, 3.8) is 0 Å². The third-order valence-corrected chi connectivity index (χ3v) is 3.01. The maximum absolute atomic E-state index is 13.4. The second kappa shape index (κ2) is 4.97. The van der Waals surface area contributed by atoms with Crippen molar-refractivity contribution in [2.24, 2.45) is 0 Å². The maximum Gasteiger partial charge on any atom is 0.422 e. The van der Waals surface area contributed by atoms with Crippen LogP contribution in [-0.2, 0) is 0 Å². The molecular weight excluding hydrogens is 304 g/mol. The first-order valence-electron chi connectivity index (χ1n) is 6.15. The number of hydrogen-bond acceptors (Lipinski definition) is 3. The first-order valence-corrected chi connectivity index (χ1v) is 6.15. The molecule has 4 nitrogen and oxygen atoms in total. The minimum absolute atomic E-state index is 0.0939. The molecule has 0 radical (unpaired) electrons. The summed E-state index contributed by atoms with van der Waals surface area (Å²) in [5.41, 5.74) is -0.387. The molecule has 8 heteroatoms. The van der Waals surface area contributed by atoms with E-state index < -0.39 is 24.2 Å². The Labute approximate surface area is 120 Å². The van der Waals surface area contributed by atoms with Crippen LogP contribution in [0.2, 0.25) is 0 Å². The highest BCUT2D eigenvalue weighted by Crippen LogP contribution is 2.30. The van der Waals surface area contributed by atoms with Crippen LogP contribution in [0.5, 0.6) is 5.88 Å². The Morgan fingerprint density at radius 3 is 2.68 bits per heavy atom. The fourth-order valence-corrected chi connectivity index (χ4v) is 2.16. The van der Waals surface area contributed by atoms with Gasteiger partial charge in [-0.15, -0.1) is 0 Å². The van der Waals surface area contributed by atoms with Gasteiger partial charge in [0.15, 0.2) is 6.61 Å². The van der Waals surface area contributed by atoms with Gasteiger partial charge in [0.25, 0.3) is 5.56 Å². The third-order valence-electron chi connectivity index (χ3n) is 3.01. The summed E-state index contributed by atoms with van der Waals surface area (Å²) in [4.78, 5) is 18.2. The van der Waals surface area contributed by atoms with Crippen LogP contribution in [0.25, 0.3) is 21.7 Å². The van der Waals surface area contributed by atoms with Crippen LogP contribution >= 0.6 is 0 Å². The highest BCUT2D eigenvalue weighted by atomic mass is 19.4. The lowest BCUT2D eigenvalue weighted by atomic mass is 10.1. The van der Waals surface area contributed by atoms with Crippen LogP contribution < -0.4 is 10.3 Å². The van der Waals surface area contributed by atoms with Gasteiger partial charge in [0.1, 0.15) is 5.82 Å².